The summed E-state index contributed by atoms with van der Waals surface area (Å²) in [4.78, 5) is 42.5. The first kappa shape index (κ1) is 27.7. The lowest BCUT2D eigenvalue weighted by Gasteiger charge is -2.25. The molecular formula is C26H24ClN3O8S. The van der Waals surface area contributed by atoms with Crippen molar-refractivity contribution in [3.05, 3.63) is 77.4 Å². The molecule has 0 bridgehead atoms. The number of esters is 1. The van der Waals surface area contributed by atoms with Crippen LogP contribution >= 0.6 is 22.9 Å². The minimum absolute atomic E-state index is 0.0175. The van der Waals surface area contributed by atoms with Crippen molar-refractivity contribution in [1.82, 2.24) is 4.57 Å². The molecule has 1 aliphatic heterocycles. The molecule has 1 amide bonds. The predicted molar refractivity (Wildman–Crippen MR) is 143 cm³/mol. The number of primary amides is 1. The maximum absolute atomic E-state index is 13.8. The number of phenolic OH excluding ortho intramolecular Hbond substituents is 1. The lowest BCUT2D eigenvalue weighted by Crippen LogP contribution is -2.39. The first-order valence-corrected chi connectivity index (χ1v) is 12.5. The van der Waals surface area contributed by atoms with Crippen molar-refractivity contribution in [2.75, 3.05) is 27.9 Å². The van der Waals surface area contributed by atoms with Gasteiger partial charge in [0.2, 0.25) is 0 Å². The molecule has 1 aromatic heterocycles. The van der Waals surface area contributed by atoms with Crippen molar-refractivity contribution < 1.29 is 33.6 Å². The Balaban J connectivity index is 1.90. The number of aromatic nitrogens is 1. The van der Waals surface area contributed by atoms with Crippen LogP contribution in [-0.2, 0) is 14.3 Å². The molecule has 1 aliphatic rings. The second-order valence-corrected chi connectivity index (χ2v) is 9.71. The third-order valence-corrected chi connectivity index (χ3v) is 7.14. The van der Waals surface area contributed by atoms with Crippen LogP contribution in [0.25, 0.3) is 6.08 Å². The number of nitrogens with two attached hydrogens (primary N) is 1. The lowest BCUT2D eigenvalue weighted by atomic mass is 9.95. The highest BCUT2D eigenvalue weighted by atomic mass is 35.5. The summed E-state index contributed by atoms with van der Waals surface area (Å²) in [5.74, 6) is -0.852. The van der Waals surface area contributed by atoms with Gasteiger partial charge in [0, 0.05) is 0 Å². The fourth-order valence-electron chi connectivity index (χ4n) is 4.11. The van der Waals surface area contributed by atoms with E-state index in [1.807, 2.05) is 0 Å². The van der Waals surface area contributed by atoms with E-state index in [1.54, 1.807) is 31.2 Å². The molecule has 0 spiro atoms. The number of carbonyl (C=O) groups is 2. The second kappa shape index (κ2) is 11.2. The number of aromatic hydroxyl groups is 1. The van der Waals surface area contributed by atoms with E-state index in [0.29, 0.717) is 37.7 Å². The number of phenols is 1. The van der Waals surface area contributed by atoms with Crippen molar-refractivity contribution in [3.8, 4) is 23.0 Å². The smallest absolute Gasteiger partial charge is 0.338 e. The van der Waals surface area contributed by atoms with Gasteiger partial charge in [0.05, 0.1) is 48.2 Å². The molecule has 2 aromatic carbocycles. The topological polar surface area (TPSA) is 152 Å². The van der Waals surface area contributed by atoms with Crippen LogP contribution in [0.3, 0.4) is 0 Å². The largest absolute Gasteiger partial charge is 0.503 e. The fourth-order valence-corrected chi connectivity index (χ4v) is 5.37. The summed E-state index contributed by atoms with van der Waals surface area (Å²) in [6.45, 7) is 1.33. The number of ether oxygens (including phenoxy) is 4. The van der Waals surface area contributed by atoms with Gasteiger partial charge in [-0.05, 0) is 48.4 Å². The van der Waals surface area contributed by atoms with Gasteiger partial charge in [-0.1, -0.05) is 29.0 Å². The Morgan fingerprint density at radius 2 is 1.87 bits per heavy atom. The molecule has 1 unspecified atom stereocenters. The number of fused-ring (bicyclic) bond motifs is 1. The Kier molecular flexibility index (Phi) is 7.98. The highest BCUT2D eigenvalue weighted by Crippen LogP contribution is 2.40. The SMILES string of the molecule is COC(=O)C1=C(C)N=c2sc(=Cc3ccc(OCC(N)=O)c(OC)c3)c(=O)n2C1c1cc(Cl)c(O)c(OC)c1. The number of thiazole rings is 1. The van der Waals surface area contributed by atoms with Crippen molar-refractivity contribution in [2.45, 2.75) is 13.0 Å². The minimum Gasteiger partial charge on any atom is -0.503 e. The number of allylic oxidation sites excluding steroid dienone is 1. The number of carbonyl (C=O) groups excluding carboxylic acids is 2. The van der Waals surface area contributed by atoms with Gasteiger partial charge in [-0.2, -0.15) is 0 Å². The van der Waals surface area contributed by atoms with Crippen LogP contribution in [0.2, 0.25) is 5.02 Å². The minimum atomic E-state index is -0.957. The number of halogens is 1. The maximum Gasteiger partial charge on any atom is 0.338 e. The van der Waals surface area contributed by atoms with Crippen LogP contribution < -0.4 is 34.8 Å². The molecule has 11 nitrogen and oxygen atoms in total. The number of amides is 1. The molecule has 0 fully saturated rings. The highest BCUT2D eigenvalue weighted by Gasteiger charge is 2.34. The van der Waals surface area contributed by atoms with Gasteiger partial charge < -0.3 is 29.8 Å². The van der Waals surface area contributed by atoms with Crippen LogP contribution in [0.1, 0.15) is 24.1 Å². The summed E-state index contributed by atoms with van der Waals surface area (Å²) in [6, 6.07) is 6.92. The van der Waals surface area contributed by atoms with E-state index in [0.717, 1.165) is 11.3 Å². The molecule has 3 aromatic rings. The van der Waals surface area contributed by atoms with Gasteiger partial charge in [0.25, 0.3) is 11.5 Å². The number of benzene rings is 2. The summed E-state index contributed by atoms with van der Waals surface area (Å²) in [7, 11) is 4.04. The average molecular weight is 574 g/mol. The van der Waals surface area contributed by atoms with E-state index in [2.05, 4.69) is 4.99 Å². The van der Waals surface area contributed by atoms with Gasteiger partial charge in [-0.25, -0.2) is 9.79 Å². The van der Waals surface area contributed by atoms with Crippen molar-refractivity contribution >= 4 is 40.9 Å². The molecule has 0 radical (unpaired) electrons. The van der Waals surface area contributed by atoms with Crippen LogP contribution in [0.4, 0.5) is 0 Å². The van der Waals surface area contributed by atoms with E-state index in [1.165, 1.54) is 38.0 Å². The van der Waals surface area contributed by atoms with Crippen molar-refractivity contribution in [3.63, 3.8) is 0 Å². The maximum atomic E-state index is 13.8. The molecule has 3 N–H and O–H groups in total. The molecule has 1 atom stereocenters. The number of methoxy groups -OCH3 is 3. The standard InChI is InChI=1S/C26H24ClN3O8S/c1-12-21(25(34)37-4)22(14-9-15(27)23(32)18(10-14)36-3)30-24(33)19(39-26(30)29-12)8-13-5-6-16(17(7-13)35-2)38-11-20(28)31/h5-10,22,32H,11H2,1-4H3,(H2,28,31). The predicted octanol–water partition coefficient (Wildman–Crippen LogP) is 1.65. The Morgan fingerprint density at radius 3 is 2.51 bits per heavy atom. The Morgan fingerprint density at radius 1 is 1.15 bits per heavy atom. The Bertz CT molecular complexity index is 1690. The molecule has 2 heterocycles. The van der Waals surface area contributed by atoms with Gasteiger partial charge in [0.1, 0.15) is 0 Å². The number of nitrogens with zero attached hydrogens (tertiary/aromatic N) is 2. The van der Waals surface area contributed by atoms with Crippen molar-refractivity contribution in [2.24, 2.45) is 10.7 Å². The van der Waals surface area contributed by atoms with Gasteiger partial charge in [-0.15, -0.1) is 0 Å². The van der Waals surface area contributed by atoms with Crippen LogP contribution in [-0.4, -0.2) is 49.5 Å². The third-order valence-electron chi connectivity index (χ3n) is 5.87. The number of hydrogen-bond acceptors (Lipinski definition) is 10. The van der Waals surface area contributed by atoms with Gasteiger partial charge in [0.15, 0.2) is 34.4 Å². The number of rotatable bonds is 8. The zero-order valence-corrected chi connectivity index (χ0v) is 22.9. The average Bonchev–Trinajstić information content (AvgIpc) is 3.21. The molecule has 0 saturated heterocycles. The monoisotopic (exact) mass is 573 g/mol. The van der Waals surface area contributed by atoms with Crippen LogP contribution in [0.15, 0.2) is 51.4 Å². The van der Waals surface area contributed by atoms with Crippen LogP contribution in [0, 0.1) is 0 Å². The van der Waals surface area contributed by atoms with E-state index < -0.39 is 23.5 Å². The normalized spacial score (nSPS) is 14.9. The first-order chi connectivity index (χ1) is 18.6. The molecule has 4 rings (SSSR count). The second-order valence-electron chi connectivity index (χ2n) is 8.29. The molecule has 0 saturated carbocycles. The molecule has 13 heteroatoms. The Hall–Kier alpha value is -4.29. The van der Waals surface area contributed by atoms with E-state index in [-0.39, 0.29) is 28.7 Å². The number of hydrogen-bond donors (Lipinski definition) is 2. The van der Waals surface area contributed by atoms with Gasteiger partial charge >= 0.3 is 5.97 Å². The lowest BCUT2D eigenvalue weighted by molar-refractivity contribution is -0.136. The summed E-state index contributed by atoms with van der Waals surface area (Å²) in [5.41, 5.74) is 6.24. The van der Waals surface area contributed by atoms with E-state index >= 15 is 0 Å². The third kappa shape index (κ3) is 5.33. The van der Waals surface area contributed by atoms with E-state index in [4.69, 9.17) is 36.3 Å². The zero-order valence-electron chi connectivity index (χ0n) is 21.3. The Labute approximate surface area is 231 Å². The molecular weight excluding hydrogens is 550 g/mol. The summed E-state index contributed by atoms with van der Waals surface area (Å²) in [6.07, 6.45) is 1.64. The molecule has 204 valence electrons. The fraction of sp³-hybridized carbons (Fsp3) is 0.231. The molecule has 0 aliphatic carbocycles. The summed E-state index contributed by atoms with van der Waals surface area (Å²) in [5, 5.41) is 10.2. The van der Waals surface area contributed by atoms with Gasteiger partial charge in [-0.3, -0.25) is 14.2 Å². The van der Waals surface area contributed by atoms with Crippen LogP contribution in [0.5, 0.6) is 23.0 Å². The van der Waals surface area contributed by atoms with E-state index in [9.17, 15) is 19.5 Å². The zero-order chi connectivity index (χ0) is 28.4. The summed E-state index contributed by atoms with van der Waals surface area (Å²) >= 11 is 7.38. The highest BCUT2D eigenvalue weighted by molar-refractivity contribution is 7.07. The first-order valence-electron chi connectivity index (χ1n) is 11.4. The molecule has 39 heavy (non-hydrogen) atoms. The summed E-state index contributed by atoms with van der Waals surface area (Å²) < 4.78 is 22.7. The quantitative estimate of drug-likeness (QED) is 0.386. The van der Waals surface area contributed by atoms with Crippen molar-refractivity contribution in [1.29, 1.82) is 0 Å².